The molecule has 3 N–H and O–H groups in total. The first kappa shape index (κ1) is 61.7. The number of ether oxygens (including phenoxy) is 5. The van der Waals surface area contributed by atoms with Crippen molar-refractivity contribution in [3.8, 4) is 0 Å². The van der Waals surface area contributed by atoms with Gasteiger partial charge in [0.2, 0.25) is 0 Å². The molecular formula is C55H94O12. The number of carboxylic acids is 1. The lowest BCUT2D eigenvalue weighted by atomic mass is 9.98. The third kappa shape index (κ3) is 34.6. The molecule has 12 heteroatoms. The zero-order chi connectivity index (χ0) is 49.0. The molecule has 6 atom stereocenters. The second kappa shape index (κ2) is 43.9. The van der Waals surface area contributed by atoms with Gasteiger partial charge in [0.15, 0.2) is 24.6 Å². The van der Waals surface area contributed by atoms with Crippen molar-refractivity contribution in [2.45, 2.75) is 263 Å². The van der Waals surface area contributed by atoms with Crippen LogP contribution in [0.3, 0.4) is 0 Å². The van der Waals surface area contributed by atoms with Crippen LogP contribution in [0.15, 0.2) is 48.6 Å². The molecule has 6 unspecified atom stereocenters. The van der Waals surface area contributed by atoms with Crippen LogP contribution in [-0.2, 0) is 42.9 Å². The van der Waals surface area contributed by atoms with Gasteiger partial charge in [-0.3, -0.25) is 14.4 Å². The summed E-state index contributed by atoms with van der Waals surface area (Å²) in [5.74, 6) is -3.14. The molecule has 0 aromatic carbocycles. The Morgan fingerprint density at radius 2 is 0.955 bits per heavy atom. The molecule has 0 aromatic rings. The van der Waals surface area contributed by atoms with Gasteiger partial charge in [0.05, 0.1) is 6.61 Å². The van der Waals surface area contributed by atoms with Crippen LogP contribution < -0.4 is 0 Å². The van der Waals surface area contributed by atoms with Gasteiger partial charge in [-0.15, -0.1) is 0 Å². The molecule has 1 aliphatic rings. The number of carboxylic acid groups (broad SMARTS) is 1. The Balaban J connectivity index is 2.69. The number of carbonyl (C=O) groups is 4. The summed E-state index contributed by atoms with van der Waals surface area (Å²) in [6.45, 7) is 5.78. The number of allylic oxidation sites excluding steroid dienone is 8. The number of aliphatic carboxylic acids is 1. The monoisotopic (exact) mass is 947 g/mol. The van der Waals surface area contributed by atoms with Crippen molar-refractivity contribution < 1.29 is 58.2 Å². The van der Waals surface area contributed by atoms with Gasteiger partial charge >= 0.3 is 23.9 Å². The zero-order valence-electron chi connectivity index (χ0n) is 42.1. The van der Waals surface area contributed by atoms with E-state index in [1.54, 1.807) is 0 Å². The van der Waals surface area contributed by atoms with Crippen LogP contribution in [0.4, 0.5) is 0 Å². The van der Waals surface area contributed by atoms with Crippen LogP contribution in [0.5, 0.6) is 0 Å². The summed E-state index contributed by atoms with van der Waals surface area (Å²) in [7, 11) is 0. The van der Waals surface area contributed by atoms with E-state index in [4.69, 9.17) is 23.7 Å². The van der Waals surface area contributed by atoms with E-state index in [-0.39, 0.29) is 25.9 Å². The highest BCUT2D eigenvalue weighted by molar-refractivity contribution is 5.74. The van der Waals surface area contributed by atoms with Crippen LogP contribution >= 0.6 is 0 Å². The molecule has 1 saturated heterocycles. The Morgan fingerprint density at radius 1 is 0.507 bits per heavy atom. The maximum absolute atomic E-state index is 13.0. The van der Waals surface area contributed by atoms with Gasteiger partial charge in [0.1, 0.15) is 18.8 Å². The first-order valence-electron chi connectivity index (χ1n) is 26.6. The van der Waals surface area contributed by atoms with Gasteiger partial charge in [-0.1, -0.05) is 185 Å². The first-order valence-corrected chi connectivity index (χ1v) is 26.6. The highest BCUT2D eigenvalue weighted by Crippen LogP contribution is 2.26. The van der Waals surface area contributed by atoms with Crippen molar-refractivity contribution >= 4 is 23.9 Å². The van der Waals surface area contributed by atoms with Gasteiger partial charge in [-0.05, 0) is 70.6 Å². The summed E-state index contributed by atoms with van der Waals surface area (Å²) < 4.78 is 28.2. The van der Waals surface area contributed by atoms with E-state index in [1.807, 2.05) is 0 Å². The highest BCUT2D eigenvalue weighted by atomic mass is 16.7. The second-order valence-electron chi connectivity index (χ2n) is 18.1. The maximum atomic E-state index is 13.0. The molecule has 0 bridgehead atoms. The predicted octanol–water partition coefficient (Wildman–Crippen LogP) is 12.7. The normalized spacial score (nSPS) is 19.2. The van der Waals surface area contributed by atoms with Gasteiger partial charge < -0.3 is 39.0 Å². The number of hydrogen-bond acceptors (Lipinski definition) is 11. The minimum Gasteiger partial charge on any atom is -0.479 e. The lowest BCUT2D eigenvalue weighted by molar-refractivity contribution is -0.301. The summed E-state index contributed by atoms with van der Waals surface area (Å²) in [6, 6.07) is 0. The number of aliphatic hydroxyl groups excluding tert-OH is 2. The lowest BCUT2D eigenvalue weighted by Gasteiger charge is -2.40. The molecule has 0 aromatic heterocycles. The highest BCUT2D eigenvalue weighted by Gasteiger charge is 2.50. The van der Waals surface area contributed by atoms with E-state index in [0.717, 1.165) is 109 Å². The van der Waals surface area contributed by atoms with E-state index < -0.39 is 67.3 Å². The van der Waals surface area contributed by atoms with Gasteiger partial charge in [-0.2, -0.15) is 0 Å². The van der Waals surface area contributed by atoms with Gasteiger partial charge in [-0.25, -0.2) is 4.79 Å². The van der Waals surface area contributed by atoms with E-state index in [9.17, 15) is 34.5 Å². The third-order valence-electron chi connectivity index (χ3n) is 11.9. The van der Waals surface area contributed by atoms with Crippen molar-refractivity contribution in [3.05, 3.63) is 48.6 Å². The van der Waals surface area contributed by atoms with E-state index in [2.05, 4.69) is 69.4 Å². The van der Waals surface area contributed by atoms with Crippen LogP contribution in [0.2, 0.25) is 0 Å². The van der Waals surface area contributed by atoms with Crippen molar-refractivity contribution in [3.63, 3.8) is 0 Å². The Kier molecular flexibility index (Phi) is 40.4. The smallest absolute Gasteiger partial charge is 0.335 e. The Hall–Kier alpha value is -3.32. The van der Waals surface area contributed by atoms with Crippen molar-refractivity contribution in [2.75, 3.05) is 13.2 Å². The van der Waals surface area contributed by atoms with E-state index in [1.165, 1.54) is 57.8 Å². The molecule has 0 aliphatic carbocycles. The summed E-state index contributed by atoms with van der Waals surface area (Å²) >= 11 is 0. The Morgan fingerprint density at radius 3 is 1.49 bits per heavy atom. The molecule has 1 heterocycles. The summed E-state index contributed by atoms with van der Waals surface area (Å²) in [4.78, 5) is 50.7. The number of unbranched alkanes of at least 4 members (excludes halogenated alkanes) is 22. The van der Waals surface area contributed by atoms with Crippen molar-refractivity contribution in [1.82, 2.24) is 0 Å². The van der Waals surface area contributed by atoms with Gasteiger partial charge in [0, 0.05) is 19.3 Å². The molecule has 0 saturated carbocycles. The number of aliphatic hydroxyl groups is 2. The van der Waals surface area contributed by atoms with Crippen molar-refractivity contribution in [1.29, 1.82) is 0 Å². The average Bonchev–Trinajstić information content (AvgIpc) is 3.31. The number of carbonyl (C=O) groups excluding carboxylic acids is 3. The lowest BCUT2D eigenvalue weighted by Crippen LogP contribution is -2.61. The third-order valence-corrected chi connectivity index (χ3v) is 11.9. The number of rotatable bonds is 44. The summed E-state index contributed by atoms with van der Waals surface area (Å²) in [5.41, 5.74) is 0. The molecule has 0 amide bonds. The topological polar surface area (TPSA) is 175 Å². The minimum atomic E-state index is -1.90. The first-order chi connectivity index (χ1) is 32.6. The zero-order valence-corrected chi connectivity index (χ0v) is 42.1. The standard InChI is InChI=1S/C55H94O12/c1-4-7-10-13-16-19-21-22-23-24-25-26-28-30-32-35-38-41-47(56)63-44-46(65-48(57)42-39-36-33-29-18-15-12-9-6-3)45-64-55-53(51(60)50(59)52(67-55)54(61)62)66-49(58)43-40-37-34-31-27-20-17-14-11-8-5-2/h7,10,14,16-17,19,22-23,46,50-53,55,59-60H,4-6,8-9,11-13,15,18,20-21,24-45H2,1-3H3,(H,61,62)/b10-7-,17-14-,19-16-,23-22-. The molecule has 1 aliphatic heterocycles. The molecule has 0 radical (unpaired) electrons. The van der Waals surface area contributed by atoms with Gasteiger partial charge in [0.25, 0.3) is 0 Å². The van der Waals surface area contributed by atoms with Crippen molar-refractivity contribution in [2.24, 2.45) is 0 Å². The molecule has 1 fully saturated rings. The SMILES string of the molecule is CC/C=C\C/C=C\C/C=C\CCCCCCCCCC(=O)OCC(COC1OC(C(=O)O)C(O)C(O)C1OC(=O)CCCCCCC/C=C\CCCC)OC(=O)CCCCCCCCCCC. The van der Waals surface area contributed by atoms with Crippen LogP contribution in [-0.4, -0.2) is 89.2 Å². The van der Waals surface area contributed by atoms with Crippen LogP contribution in [0, 0.1) is 0 Å². The minimum absolute atomic E-state index is 0.0502. The fraction of sp³-hybridized carbons (Fsp3) is 0.782. The predicted molar refractivity (Wildman–Crippen MR) is 266 cm³/mol. The molecule has 386 valence electrons. The number of hydrogen-bond donors (Lipinski definition) is 3. The Labute approximate surface area is 405 Å². The molecule has 67 heavy (non-hydrogen) atoms. The quantitative estimate of drug-likeness (QED) is 0.0228. The molecule has 12 nitrogen and oxygen atoms in total. The van der Waals surface area contributed by atoms with E-state index in [0.29, 0.717) is 19.3 Å². The average molecular weight is 947 g/mol. The van der Waals surface area contributed by atoms with Crippen LogP contribution in [0.25, 0.3) is 0 Å². The maximum Gasteiger partial charge on any atom is 0.335 e. The number of esters is 3. The largest absolute Gasteiger partial charge is 0.479 e. The Bertz CT molecular complexity index is 1360. The molecule has 0 spiro atoms. The summed E-state index contributed by atoms with van der Waals surface area (Å²) in [6.07, 6.45) is 38.3. The van der Waals surface area contributed by atoms with Crippen LogP contribution in [0.1, 0.15) is 226 Å². The molecular weight excluding hydrogens is 853 g/mol. The van der Waals surface area contributed by atoms with E-state index >= 15 is 0 Å². The summed E-state index contributed by atoms with van der Waals surface area (Å²) in [5, 5.41) is 31.3. The fourth-order valence-electron chi connectivity index (χ4n) is 7.77. The molecule has 1 rings (SSSR count). The second-order valence-corrected chi connectivity index (χ2v) is 18.1. The fourth-order valence-corrected chi connectivity index (χ4v) is 7.77.